The highest BCUT2D eigenvalue weighted by Gasteiger charge is 2.24. The van der Waals surface area contributed by atoms with Gasteiger partial charge >= 0.3 is 5.97 Å². The molecular formula is C18H27NO2. The number of hydrogen-bond acceptors (Lipinski definition) is 2. The lowest BCUT2D eigenvalue weighted by molar-refractivity contribution is -0.142. The number of carboxylic acid groups (broad SMARTS) is 1. The molecule has 0 amide bonds. The zero-order valence-corrected chi connectivity index (χ0v) is 13.2. The number of carbonyl (C=O) groups is 1. The Kier molecular flexibility index (Phi) is 5.80. The van der Waals surface area contributed by atoms with Crippen molar-refractivity contribution in [1.29, 1.82) is 0 Å². The Balaban J connectivity index is 2.06. The fourth-order valence-electron chi connectivity index (χ4n) is 3.15. The van der Waals surface area contributed by atoms with Crippen LogP contribution in [0.1, 0.15) is 50.2 Å². The summed E-state index contributed by atoms with van der Waals surface area (Å²) in [5, 5.41) is 9.21. The van der Waals surface area contributed by atoms with Gasteiger partial charge in [0, 0.05) is 19.1 Å². The van der Waals surface area contributed by atoms with Crippen LogP contribution in [-0.2, 0) is 11.3 Å². The predicted molar refractivity (Wildman–Crippen MR) is 85.3 cm³/mol. The van der Waals surface area contributed by atoms with Crippen LogP contribution in [0, 0.1) is 12.8 Å². The third-order valence-electron chi connectivity index (χ3n) is 4.53. The molecule has 0 radical (unpaired) electrons. The Labute approximate surface area is 128 Å². The summed E-state index contributed by atoms with van der Waals surface area (Å²) in [5.41, 5.74) is 2.55. The van der Waals surface area contributed by atoms with Crippen LogP contribution in [0.2, 0.25) is 0 Å². The van der Waals surface area contributed by atoms with Gasteiger partial charge in [-0.15, -0.1) is 0 Å². The molecule has 0 aromatic heterocycles. The Morgan fingerprint density at radius 2 is 1.86 bits per heavy atom. The van der Waals surface area contributed by atoms with Crippen LogP contribution >= 0.6 is 0 Å². The van der Waals surface area contributed by atoms with E-state index in [1.807, 2.05) is 6.92 Å². The normalized spacial score (nSPS) is 17.9. The van der Waals surface area contributed by atoms with Crippen molar-refractivity contribution in [2.24, 2.45) is 5.92 Å². The molecule has 1 unspecified atom stereocenters. The van der Waals surface area contributed by atoms with Crippen molar-refractivity contribution in [3.8, 4) is 0 Å². The molecule has 21 heavy (non-hydrogen) atoms. The molecule has 1 aromatic rings. The van der Waals surface area contributed by atoms with Crippen molar-refractivity contribution in [3.63, 3.8) is 0 Å². The van der Waals surface area contributed by atoms with E-state index in [0.29, 0.717) is 12.6 Å². The lowest BCUT2D eigenvalue weighted by Gasteiger charge is -2.35. The van der Waals surface area contributed by atoms with E-state index in [2.05, 4.69) is 36.1 Å². The van der Waals surface area contributed by atoms with E-state index in [9.17, 15) is 9.90 Å². The fraction of sp³-hybridized carbons (Fsp3) is 0.611. The minimum absolute atomic E-state index is 0.308. The maximum Gasteiger partial charge on any atom is 0.307 e. The highest BCUT2D eigenvalue weighted by atomic mass is 16.4. The quantitative estimate of drug-likeness (QED) is 0.864. The molecule has 3 heteroatoms. The number of hydrogen-bond donors (Lipinski definition) is 1. The van der Waals surface area contributed by atoms with E-state index in [0.717, 1.165) is 6.54 Å². The summed E-state index contributed by atoms with van der Waals surface area (Å²) in [6, 6.07) is 9.14. The van der Waals surface area contributed by atoms with Crippen molar-refractivity contribution in [1.82, 2.24) is 4.90 Å². The van der Waals surface area contributed by atoms with E-state index in [1.54, 1.807) is 0 Å². The van der Waals surface area contributed by atoms with E-state index in [1.165, 1.54) is 43.2 Å². The van der Waals surface area contributed by atoms with Gasteiger partial charge in [-0.05, 0) is 25.3 Å². The highest BCUT2D eigenvalue weighted by molar-refractivity contribution is 5.69. The molecule has 0 saturated heterocycles. The number of aliphatic carboxylic acids is 1. The molecule has 1 saturated carbocycles. The van der Waals surface area contributed by atoms with Crippen molar-refractivity contribution >= 4 is 5.97 Å². The molecule has 2 rings (SSSR count). The lowest BCUT2D eigenvalue weighted by Crippen LogP contribution is -2.40. The number of carboxylic acids is 1. The Bertz CT molecular complexity index is 449. The third-order valence-corrected chi connectivity index (χ3v) is 4.53. The topological polar surface area (TPSA) is 40.5 Å². The van der Waals surface area contributed by atoms with Gasteiger partial charge in [0.05, 0.1) is 5.92 Å². The van der Waals surface area contributed by atoms with Gasteiger partial charge in [0.2, 0.25) is 0 Å². The second-order valence-corrected chi connectivity index (χ2v) is 6.45. The van der Waals surface area contributed by atoms with Crippen LogP contribution in [0.5, 0.6) is 0 Å². The molecule has 0 bridgehead atoms. The second-order valence-electron chi connectivity index (χ2n) is 6.45. The molecular weight excluding hydrogens is 262 g/mol. The van der Waals surface area contributed by atoms with Crippen molar-refractivity contribution in [2.45, 2.75) is 58.5 Å². The highest BCUT2D eigenvalue weighted by Crippen LogP contribution is 2.25. The van der Waals surface area contributed by atoms with Crippen molar-refractivity contribution in [3.05, 3.63) is 35.4 Å². The van der Waals surface area contributed by atoms with E-state index >= 15 is 0 Å². The fourth-order valence-corrected chi connectivity index (χ4v) is 3.15. The maximum atomic E-state index is 11.2. The van der Waals surface area contributed by atoms with Crippen molar-refractivity contribution < 1.29 is 9.90 Å². The first kappa shape index (κ1) is 16.0. The predicted octanol–water partition coefficient (Wildman–Crippen LogP) is 3.85. The lowest BCUT2D eigenvalue weighted by atomic mass is 9.93. The smallest absolute Gasteiger partial charge is 0.307 e. The van der Waals surface area contributed by atoms with Crippen LogP contribution in [0.3, 0.4) is 0 Å². The average molecular weight is 289 g/mol. The largest absolute Gasteiger partial charge is 0.481 e. The molecule has 116 valence electrons. The summed E-state index contributed by atoms with van der Waals surface area (Å²) in [4.78, 5) is 13.6. The monoisotopic (exact) mass is 289 g/mol. The first-order chi connectivity index (χ1) is 10.1. The van der Waals surface area contributed by atoms with Gasteiger partial charge in [-0.2, -0.15) is 0 Å². The zero-order valence-electron chi connectivity index (χ0n) is 13.2. The van der Waals surface area contributed by atoms with Gasteiger partial charge in [-0.1, -0.05) is 56.0 Å². The van der Waals surface area contributed by atoms with E-state index in [-0.39, 0.29) is 5.92 Å². The first-order valence-corrected chi connectivity index (χ1v) is 8.08. The van der Waals surface area contributed by atoms with Crippen LogP contribution in [0.15, 0.2) is 24.3 Å². The van der Waals surface area contributed by atoms with Gasteiger partial charge in [0.25, 0.3) is 0 Å². The molecule has 3 nitrogen and oxygen atoms in total. The molecule has 0 spiro atoms. The first-order valence-electron chi connectivity index (χ1n) is 8.08. The Morgan fingerprint density at radius 3 is 2.43 bits per heavy atom. The number of aryl methyl sites for hydroxylation is 1. The van der Waals surface area contributed by atoms with Crippen LogP contribution in [0.25, 0.3) is 0 Å². The van der Waals surface area contributed by atoms with Crippen molar-refractivity contribution in [2.75, 3.05) is 6.54 Å². The SMILES string of the molecule is Cc1ccc(CN(CC(C)C(=O)O)C2CCCCC2)cc1. The number of rotatable bonds is 6. The Morgan fingerprint density at radius 1 is 1.24 bits per heavy atom. The molecule has 1 fully saturated rings. The average Bonchev–Trinajstić information content (AvgIpc) is 2.49. The second kappa shape index (κ2) is 7.60. The summed E-state index contributed by atoms with van der Waals surface area (Å²) in [6.45, 7) is 5.42. The van der Waals surface area contributed by atoms with Gasteiger partial charge < -0.3 is 5.11 Å². The zero-order chi connectivity index (χ0) is 15.2. The molecule has 1 aliphatic rings. The molecule has 1 atom stereocenters. The van der Waals surface area contributed by atoms with Crippen LogP contribution in [-0.4, -0.2) is 28.6 Å². The van der Waals surface area contributed by atoms with Gasteiger partial charge in [-0.25, -0.2) is 0 Å². The van der Waals surface area contributed by atoms with E-state index < -0.39 is 5.97 Å². The van der Waals surface area contributed by atoms with Gasteiger partial charge in [0.1, 0.15) is 0 Å². The minimum atomic E-state index is -0.695. The Hall–Kier alpha value is -1.35. The van der Waals surface area contributed by atoms with Gasteiger partial charge in [-0.3, -0.25) is 9.69 Å². The molecule has 0 heterocycles. The van der Waals surface area contributed by atoms with Crippen LogP contribution < -0.4 is 0 Å². The third kappa shape index (κ3) is 4.85. The standard InChI is InChI=1S/C18H27NO2/c1-14-8-10-16(11-9-14)13-19(12-15(2)18(20)21)17-6-4-3-5-7-17/h8-11,15,17H,3-7,12-13H2,1-2H3,(H,20,21). The number of benzene rings is 1. The summed E-state index contributed by atoms with van der Waals surface area (Å²) in [6.07, 6.45) is 6.28. The van der Waals surface area contributed by atoms with E-state index in [4.69, 9.17) is 0 Å². The summed E-state index contributed by atoms with van der Waals surface area (Å²) in [5.74, 6) is -1.00. The number of nitrogens with zero attached hydrogens (tertiary/aromatic N) is 1. The van der Waals surface area contributed by atoms with Gasteiger partial charge in [0.15, 0.2) is 0 Å². The summed E-state index contributed by atoms with van der Waals surface area (Å²) >= 11 is 0. The summed E-state index contributed by atoms with van der Waals surface area (Å²) < 4.78 is 0. The van der Waals surface area contributed by atoms with Crippen LogP contribution in [0.4, 0.5) is 0 Å². The molecule has 1 N–H and O–H groups in total. The maximum absolute atomic E-state index is 11.2. The summed E-state index contributed by atoms with van der Waals surface area (Å²) in [7, 11) is 0. The molecule has 0 aliphatic heterocycles. The molecule has 1 aliphatic carbocycles. The minimum Gasteiger partial charge on any atom is -0.481 e. The molecule has 1 aromatic carbocycles.